The van der Waals surface area contributed by atoms with Crippen LogP contribution in [0.15, 0.2) is 48.5 Å². The molecule has 0 fully saturated rings. The molecule has 0 bridgehead atoms. The predicted molar refractivity (Wildman–Crippen MR) is 104 cm³/mol. The number of ether oxygens (including phenoxy) is 2. The standard InChI is InChI=1S/C20H16N4O4/c1-27-18-8-4-7-14(19(18)28-2)15-10-17(23-20(22)16(15)11-21)12-5-3-6-13(9-12)24(25)26/h3-10H,1-2H3,(H2,22,23). The van der Waals surface area contributed by atoms with E-state index in [9.17, 15) is 15.4 Å². The summed E-state index contributed by atoms with van der Waals surface area (Å²) >= 11 is 0. The van der Waals surface area contributed by atoms with E-state index >= 15 is 0 Å². The minimum absolute atomic E-state index is 0.0198. The first-order valence-corrected chi connectivity index (χ1v) is 8.17. The highest BCUT2D eigenvalue weighted by molar-refractivity contribution is 5.84. The summed E-state index contributed by atoms with van der Waals surface area (Å²) in [5.41, 5.74) is 8.14. The number of hydrogen-bond donors (Lipinski definition) is 1. The zero-order chi connectivity index (χ0) is 20.3. The van der Waals surface area contributed by atoms with E-state index in [0.717, 1.165) is 0 Å². The number of anilines is 1. The second-order valence-corrected chi connectivity index (χ2v) is 5.78. The number of rotatable bonds is 5. The molecule has 2 aromatic carbocycles. The summed E-state index contributed by atoms with van der Waals surface area (Å²) in [5.74, 6) is 0.958. The predicted octanol–water partition coefficient (Wildman–Crippen LogP) is 3.79. The van der Waals surface area contributed by atoms with Crippen molar-refractivity contribution in [3.8, 4) is 40.0 Å². The summed E-state index contributed by atoms with van der Waals surface area (Å²) in [4.78, 5) is 14.9. The molecule has 0 radical (unpaired) electrons. The number of benzene rings is 2. The topological polar surface area (TPSA) is 124 Å². The quantitative estimate of drug-likeness (QED) is 0.530. The van der Waals surface area contributed by atoms with Gasteiger partial charge >= 0.3 is 0 Å². The number of methoxy groups -OCH3 is 2. The molecular formula is C20H16N4O4. The smallest absolute Gasteiger partial charge is 0.270 e. The first-order chi connectivity index (χ1) is 13.5. The monoisotopic (exact) mass is 376 g/mol. The molecule has 0 unspecified atom stereocenters. The van der Waals surface area contributed by atoms with Gasteiger partial charge in [-0.1, -0.05) is 24.3 Å². The molecule has 0 amide bonds. The van der Waals surface area contributed by atoms with Gasteiger partial charge in [0.1, 0.15) is 17.5 Å². The number of nitriles is 1. The number of nitro benzene ring substituents is 1. The van der Waals surface area contributed by atoms with Gasteiger partial charge in [-0.25, -0.2) is 4.98 Å². The van der Waals surface area contributed by atoms with Crippen molar-refractivity contribution in [3.63, 3.8) is 0 Å². The molecular weight excluding hydrogens is 360 g/mol. The normalized spacial score (nSPS) is 10.2. The van der Waals surface area contributed by atoms with E-state index in [2.05, 4.69) is 11.1 Å². The SMILES string of the molecule is COc1cccc(-c2cc(-c3cccc([N+](=O)[O-])c3)nc(N)c2C#N)c1OC. The molecule has 3 aromatic rings. The number of nitrogens with zero attached hydrogens (tertiary/aromatic N) is 3. The van der Waals surface area contributed by atoms with Crippen molar-refractivity contribution in [2.75, 3.05) is 20.0 Å². The van der Waals surface area contributed by atoms with Gasteiger partial charge in [-0.05, 0) is 12.1 Å². The lowest BCUT2D eigenvalue weighted by molar-refractivity contribution is -0.384. The number of non-ortho nitro benzene ring substituents is 1. The van der Waals surface area contributed by atoms with Gasteiger partial charge in [0.15, 0.2) is 11.5 Å². The van der Waals surface area contributed by atoms with Gasteiger partial charge in [0.2, 0.25) is 0 Å². The van der Waals surface area contributed by atoms with Crippen LogP contribution in [-0.4, -0.2) is 24.1 Å². The van der Waals surface area contributed by atoms with Crippen LogP contribution in [-0.2, 0) is 0 Å². The van der Waals surface area contributed by atoms with Gasteiger partial charge in [-0.15, -0.1) is 0 Å². The van der Waals surface area contributed by atoms with E-state index in [1.807, 2.05) is 0 Å². The third kappa shape index (κ3) is 3.29. The number of pyridine rings is 1. The molecule has 28 heavy (non-hydrogen) atoms. The Balaban J connectivity index is 2.28. The van der Waals surface area contributed by atoms with Crippen LogP contribution < -0.4 is 15.2 Å². The molecule has 0 saturated carbocycles. The number of nitrogen functional groups attached to an aromatic ring is 1. The van der Waals surface area contributed by atoms with E-state index < -0.39 is 4.92 Å². The Morgan fingerprint density at radius 1 is 1.11 bits per heavy atom. The van der Waals surface area contributed by atoms with Crippen molar-refractivity contribution in [1.29, 1.82) is 5.26 Å². The number of para-hydroxylation sites is 1. The minimum atomic E-state index is -0.484. The van der Waals surface area contributed by atoms with Crippen molar-refractivity contribution in [2.24, 2.45) is 0 Å². The highest BCUT2D eigenvalue weighted by Gasteiger charge is 2.19. The average Bonchev–Trinajstić information content (AvgIpc) is 2.72. The van der Waals surface area contributed by atoms with Crippen molar-refractivity contribution >= 4 is 11.5 Å². The Morgan fingerprint density at radius 2 is 1.86 bits per heavy atom. The Labute approximate surface area is 160 Å². The first kappa shape index (κ1) is 18.7. The largest absolute Gasteiger partial charge is 0.493 e. The maximum Gasteiger partial charge on any atom is 0.270 e. The van der Waals surface area contributed by atoms with Crippen LogP contribution in [0.4, 0.5) is 11.5 Å². The fourth-order valence-electron chi connectivity index (χ4n) is 2.92. The molecule has 0 aliphatic rings. The second-order valence-electron chi connectivity index (χ2n) is 5.78. The maximum atomic E-state index is 11.1. The van der Waals surface area contributed by atoms with E-state index in [1.165, 1.54) is 26.4 Å². The van der Waals surface area contributed by atoms with Crippen molar-refractivity contribution in [1.82, 2.24) is 4.98 Å². The lowest BCUT2D eigenvalue weighted by Gasteiger charge is -2.15. The van der Waals surface area contributed by atoms with E-state index in [0.29, 0.717) is 33.9 Å². The molecule has 0 aliphatic carbocycles. The van der Waals surface area contributed by atoms with Crippen LogP contribution in [0.3, 0.4) is 0 Å². The molecule has 0 aliphatic heterocycles. The third-order valence-electron chi connectivity index (χ3n) is 4.21. The molecule has 1 aromatic heterocycles. The van der Waals surface area contributed by atoms with Gasteiger partial charge < -0.3 is 15.2 Å². The molecule has 2 N–H and O–H groups in total. The summed E-state index contributed by atoms with van der Waals surface area (Å²) < 4.78 is 10.8. The molecule has 1 heterocycles. The van der Waals surface area contributed by atoms with Crippen molar-refractivity contribution in [2.45, 2.75) is 0 Å². The van der Waals surface area contributed by atoms with Crippen LogP contribution in [0.2, 0.25) is 0 Å². The van der Waals surface area contributed by atoms with Crippen LogP contribution in [0, 0.1) is 21.4 Å². The highest BCUT2D eigenvalue weighted by Crippen LogP contribution is 2.41. The van der Waals surface area contributed by atoms with Gasteiger partial charge in [0, 0.05) is 28.8 Å². The van der Waals surface area contributed by atoms with Gasteiger partial charge in [0.05, 0.1) is 24.8 Å². The Kier molecular flexibility index (Phi) is 5.09. The first-order valence-electron chi connectivity index (χ1n) is 8.17. The molecule has 0 atom stereocenters. The van der Waals surface area contributed by atoms with Gasteiger partial charge in [-0.3, -0.25) is 10.1 Å². The van der Waals surface area contributed by atoms with Gasteiger partial charge in [-0.2, -0.15) is 5.26 Å². The maximum absolute atomic E-state index is 11.1. The lowest BCUT2D eigenvalue weighted by Crippen LogP contribution is -2.01. The average molecular weight is 376 g/mol. The van der Waals surface area contributed by atoms with E-state index in [4.69, 9.17) is 15.2 Å². The number of nitrogens with two attached hydrogens (primary N) is 1. The minimum Gasteiger partial charge on any atom is -0.493 e. The number of hydrogen-bond acceptors (Lipinski definition) is 7. The summed E-state index contributed by atoms with van der Waals surface area (Å²) in [7, 11) is 3.02. The number of nitro groups is 1. The summed E-state index contributed by atoms with van der Waals surface area (Å²) in [6.07, 6.45) is 0. The van der Waals surface area contributed by atoms with Gasteiger partial charge in [0.25, 0.3) is 5.69 Å². The zero-order valence-electron chi connectivity index (χ0n) is 15.2. The molecule has 0 spiro atoms. The van der Waals surface area contributed by atoms with Crippen LogP contribution in [0.1, 0.15) is 5.56 Å². The van der Waals surface area contributed by atoms with E-state index in [1.54, 1.807) is 36.4 Å². The van der Waals surface area contributed by atoms with E-state index in [-0.39, 0.29) is 17.1 Å². The summed E-state index contributed by atoms with van der Waals surface area (Å²) in [6, 6.07) is 15.0. The van der Waals surface area contributed by atoms with Crippen LogP contribution in [0.25, 0.3) is 22.4 Å². The van der Waals surface area contributed by atoms with Crippen LogP contribution >= 0.6 is 0 Å². The molecule has 8 nitrogen and oxygen atoms in total. The van der Waals surface area contributed by atoms with Crippen LogP contribution in [0.5, 0.6) is 11.5 Å². The van der Waals surface area contributed by atoms with Crippen molar-refractivity contribution in [3.05, 3.63) is 64.2 Å². The number of aromatic nitrogens is 1. The highest BCUT2D eigenvalue weighted by atomic mass is 16.6. The lowest BCUT2D eigenvalue weighted by atomic mass is 9.97. The van der Waals surface area contributed by atoms with Crippen molar-refractivity contribution < 1.29 is 14.4 Å². The summed E-state index contributed by atoms with van der Waals surface area (Å²) in [6.45, 7) is 0. The Bertz CT molecular complexity index is 1110. The second kappa shape index (κ2) is 7.63. The third-order valence-corrected chi connectivity index (χ3v) is 4.21. The fourth-order valence-corrected chi connectivity index (χ4v) is 2.92. The molecule has 140 valence electrons. The fraction of sp³-hybridized carbons (Fsp3) is 0.100. The molecule has 0 saturated heterocycles. The molecule has 3 rings (SSSR count). The Hall–Kier alpha value is -4.12. The zero-order valence-corrected chi connectivity index (χ0v) is 15.2. The summed E-state index contributed by atoms with van der Waals surface area (Å²) in [5, 5.41) is 20.7. The Morgan fingerprint density at radius 3 is 2.50 bits per heavy atom. The molecule has 8 heteroatoms.